The number of rotatable bonds is 5. The first kappa shape index (κ1) is 18.8. The van der Waals surface area contributed by atoms with E-state index in [1.165, 1.54) is 18.2 Å². The quantitative estimate of drug-likeness (QED) is 0.813. The number of hydrogen-bond donors (Lipinski definition) is 1. The topological polar surface area (TPSA) is 58.6 Å². The highest BCUT2D eigenvalue weighted by Gasteiger charge is 2.37. The smallest absolute Gasteiger partial charge is 0.406 e. The molecule has 0 saturated carbocycles. The first-order valence-corrected chi connectivity index (χ1v) is 8.32. The highest BCUT2D eigenvalue weighted by atomic mass is 19.4. The van der Waals surface area contributed by atoms with E-state index in [1.54, 1.807) is 23.1 Å². The third-order valence-electron chi connectivity index (χ3n) is 4.19. The Morgan fingerprint density at radius 3 is 2.59 bits per heavy atom. The number of halogens is 3. The summed E-state index contributed by atoms with van der Waals surface area (Å²) in [6.07, 6.45) is -4.39. The Hall–Kier alpha value is -3.03. The number of alkyl halides is 3. The molecule has 1 aliphatic heterocycles. The molecule has 3 rings (SSSR count). The van der Waals surface area contributed by atoms with E-state index in [-0.39, 0.29) is 18.2 Å². The van der Waals surface area contributed by atoms with Crippen molar-refractivity contribution in [1.29, 1.82) is 0 Å². The summed E-state index contributed by atoms with van der Waals surface area (Å²) in [5, 5.41) is 2.61. The second-order valence-corrected chi connectivity index (χ2v) is 6.08. The van der Waals surface area contributed by atoms with Gasteiger partial charge in [-0.15, -0.1) is 13.2 Å². The number of nitrogens with one attached hydrogen (secondary N) is 1. The first-order chi connectivity index (χ1) is 12.8. The average Bonchev–Trinajstić information content (AvgIpc) is 3.01. The Morgan fingerprint density at radius 2 is 1.89 bits per heavy atom. The van der Waals surface area contributed by atoms with Crippen LogP contribution in [0.5, 0.6) is 5.75 Å². The zero-order valence-corrected chi connectivity index (χ0v) is 14.2. The summed E-state index contributed by atoms with van der Waals surface area (Å²) < 4.78 is 40.7. The van der Waals surface area contributed by atoms with Crippen LogP contribution in [0.3, 0.4) is 0 Å². The Bertz CT molecular complexity index is 824. The Kier molecular flexibility index (Phi) is 5.34. The monoisotopic (exact) mass is 378 g/mol. The Balaban J connectivity index is 1.59. The Labute approximate surface area is 153 Å². The van der Waals surface area contributed by atoms with Crippen LogP contribution in [-0.4, -0.2) is 24.7 Å². The number of benzene rings is 2. The molecule has 0 unspecified atom stereocenters. The number of hydrogen-bond acceptors (Lipinski definition) is 3. The molecule has 0 aromatic heterocycles. The second kappa shape index (κ2) is 7.69. The van der Waals surface area contributed by atoms with Crippen molar-refractivity contribution in [2.45, 2.75) is 19.3 Å². The number of carbonyl (C=O) groups excluding carboxylic acids is 2. The zero-order valence-electron chi connectivity index (χ0n) is 14.2. The summed E-state index contributed by atoms with van der Waals surface area (Å²) >= 11 is 0. The van der Waals surface area contributed by atoms with Gasteiger partial charge in [-0.1, -0.05) is 30.3 Å². The lowest BCUT2D eigenvalue weighted by Crippen LogP contribution is -2.36. The average molecular weight is 378 g/mol. The van der Waals surface area contributed by atoms with Crippen LogP contribution in [0, 0.1) is 5.92 Å². The molecule has 1 aliphatic rings. The third kappa shape index (κ3) is 4.78. The fourth-order valence-electron chi connectivity index (χ4n) is 2.95. The molecule has 1 atom stereocenters. The molecule has 0 spiro atoms. The summed E-state index contributed by atoms with van der Waals surface area (Å²) in [6.45, 7) is 0.443. The van der Waals surface area contributed by atoms with E-state index in [2.05, 4.69) is 10.1 Å². The van der Waals surface area contributed by atoms with Crippen LogP contribution in [0.2, 0.25) is 0 Å². The normalized spacial score (nSPS) is 17.1. The number of carbonyl (C=O) groups is 2. The van der Waals surface area contributed by atoms with Crippen LogP contribution in [0.15, 0.2) is 54.6 Å². The van der Waals surface area contributed by atoms with Gasteiger partial charge in [-0.05, 0) is 36.2 Å². The van der Waals surface area contributed by atoms with Crippen molar-refractivity contribution in [1.82, 2.24) is 5.32 Å². The summed E-state index contributed by atoms with van der Waals surface area (Å²) in [5.41, 5.74) is 1.17. The molecule has 2 aromatic carbocycles. The van der Waals surface area contributed by atoms with Gasteiger partial charge in [0.25, 0.3) is 0 Å². The fourth-order valence-corrected chi connectivity index (χ4v) is 2.95. The van der Waals surface area contributed by atoms with E-state index in [0.717, 1.165) is 5.69 Å². The maximum absolute atomic E-state index is 12.5. The molecule has 8 heteroatoms. The standard InChI is InChI=1S/C19H17F3N2O3/c20-19(21,22)27-15-8-4-5-13(11-15)12-23-17(25)16-9-10-24(18(16)26)14-6-2-1-3-7-14/h1-8,11,16H,9-10,12H2,(H,23,25)/t16-/m0/s1. The predicted octanol–water partition coefficient (Wildman–Crippen LogP) is 3.25. The molecule has 0 radical (unpaired) electrons. The van der Waals surface area contributed by atoms with Gasteiger partial charge in [-0.2, -0.15) is 0 Å². The van der Waals surface area contributed by atoms with Gasteiger partial charge in [0.05, 0.1) is 0 Å². The summed E-state index contributed by atoms with van der Waals surface area (Å²) in [5.74, 6) is -1.89. The lowest BCUT2D eigenvalue weighted by atomic mass is 10.1. The molecule has 1 heterocycles. The van der Waals surface area contributed by atoms with Crippen molar-refractivity contribution < 1.29 is 27.5 Å². The highest BCUT2D eigenvalue weighted by molar-refractivity contribution is 6.09. The van der Waals surface area contributed by atoms with Crippen molar-refractivity contribution >= 4 is 17.5 Å². The van der Waals surface area contributed by atoms with Crippen molar-refractivity contribution in [2.24, 2.45) is 5.92 Å². The van der Waals surface area contributed by atoms with Gasteiger partial charge >= 0.3 is 6.36 Å². The molecule has 5 nitrogen and oxygen atoms in total. The number of amides is 2. The minimum atomic E-state index is -4.78. The number of para-hydroxylation sites is 1. The highest BCUT2D eigenvalue weighted by Crippen LogP contribution is 2.26. The lowest BCUT2D eigenvalue weighted by Gasteiger charge is -2.16. The summed E-state index contributed by atoms with van der Waals surface area (Å²) in [7, 11) is 0. The van der Waals surface area contributed by atoms with Gasteiger partial charge in [0.2, 0.25) is 11.8 Å². The number of ether oxygens (including phenoxy) is 1. The van der Waals surface area contributed by atoms with Crippen LogP contribution in [0.1, 0.15) is 12.0 Å². The molecular weight excluding hydrogens is 361 g/mol. The third-order valence-corrected chi connectivity index (χ3v) is 4.19. The minimum absolute atomic E-state index is 0.00298. The van der Waals surface area contributed by atoms with Crippen LogP contribution in [0.25, 0.3) is 0 Å². The largest absolute Gasteiger partial charge is 0.573 e. The zero-order chi connectivity index (χ0) is 19.4. The van der Waals surface area contributed by atoms with E-state index in [9.17, 15) is 22.8 Å². The minimum Gasteiger partial charge on any atom is -0.406 e. The van der Waals surface area contributed by atoms with Gasteiger partial charge in [0.1, 0.15) is 11.7 Å². The van der Waals surface area contributed by atoms with Crippen molar-refractivity contribution in [2.75, 3.05) is 11.4 Å². The molecule has 0 bridgehead atoms. The predicted molar refractivity (Wildman–Crippen MR) is 91.9 cm³/mol. The maximum Gasteiger partial charge on any atom is 0.573 e. The van der Waals surface area contributed by atoms with E-state index < -0.39 is 18.2 Å². The molecule has 1 N–H and O–H groups in total. The molecule has 0 aliphatic carbocycles. The van der Waals surface area contributed by atoms with Gasteiger partial charge in [-0.25, -0.2) is 0 Å². The van der Waals surface area contributed by atoms with E-state index in [0.29, 0.717) is 18.5 Å². The fraction of sp³-hybridized carbons (Fsp3) is 0.263. The molecule has 2 amide bonds. The molecule has 1 saturated heterocycles. The van der Waals surface area contributed by atoms with Crippen LogP contribution < -0.4 is 15.0 Å². The van der Waals surface area contributed by atoms with Crippen LogP contribution in [-0.2, 0) is 16.1 Å². The second-order valence-electron chi connectivity index (χ2n) is 6.08. The van der Waals surface area contributed by atoms with Crippen LogP contribution in [0.4, 0.5) is 18.9 Å². The first-order valence-electron chi connectivity index (χ1n) is 8.32. The van der Waals surface area contributed by atoms with Crippen LogP contribution >= 0.6 is 0 Å². The van der Waals surface area contributed by atoms with Gasteiger partial charge in [0.15, 0.2) is 0 Å². The summed E-state index contributed by atoms with van der Waals surface area (Å²) in [6, 6.07) is 14.4. The van der Waals surface area contributed by atoms with Gasteiger partial charge in [-0.3, -0.25) is 9.59 Å². The SMILES string of the molecule is O=C(NCc1cccc(OC(F)(F)F)c1)[C@@H]1CCN(c2ccccc2)C1=O. The van der Waals surface area contributed by atoms with Gasteiger partial charge < -0.3 is 15.0 Å². The maximum atomic E-state index is 12.5. The molecule has 142 valence electrons. The lowest BCUT2D eigenvalue weighted by molar-refractivity contribution is -0.274. The van der Waals surface area contributed by atoms with E-state index >= 15 is 0 Å². The van der Waals surface area contributed by atoms with Crippen molar-refractivity contribution in [3.8, 4) is 5.75 Å². The van der Waals surface area contributed by atoms with Crippen molar-refractivity contribution in [3.63, 3.8) is 0 Å². The van der Waals surface area contributed by atoms with Gasteiger partial charge in [0, 0.05) is 18.8 Å². The molecule has 2 aromatic rings. The Morgan fingerprint density at radius 1 is 1.15 bits per heavy atom. The van der Waals surface area contributed by atoms with E-state index in [1.807, 2.05) is 18.2 Å². The molecule has 1 fully saturated rings. The van der Waals surface area contributed by atoms with Crippen molar-refractivity contribution in [3.05, 3.63) is 60.2 Å². The molecular formula is C19H17F3N2O3. The van der Waals surface area contributed by atoms with E-state index in [4.69, 9.17) is 0 Å². The molecule has 27 heavy (non-hydrogen) atoms. The number of anilines is 1. The summed E-state index contributed by atoms with van der Waals surface area (Å²) in [4.78, 5) is 26.4. The number of nitrogens with zero attached hydrogens (tertiary/aromatic N) is 1.